The van der Waals surface area contributed by atoms with Crippen LogP contribution in [-0.2, 0) is 30.4 Å². The second-order valence-electron chi connectivity index (χ2n) is 8.00. The van der Waals surface area contributed by atoms with Crippen LogP contribution in [0.4, 0.5) is 0 Å². The number of aromatic hydroxyl groups is 1. The topological polar surface area (TPSA) is 214 Å². The number of carbonyl (C=O) groups excluding carboxylic acids is 4. The lowest BCUT2D eigenvalue weighted by Gasteiger charge is -2.24. The van der Waals surface area contributed by atoms with E-state index in [0.29, 0.717) is 5.56 Å². The highest BCUT2D eigenvalue weighted by Crippen LogP contribution is 2.12. The molecule has 33 heavy (non-hydrogen) atoms. The highest BCUT2D eigenvalue weighted by molar-refractivity contribution is 5.94. The molecule has 0 aliphatic heterocycles. The summed E-state index contributed by atoms with van der Waals surface area (Å²) in [5.74, 6) is -4.69. The molecule has 9 N–H and O–H groups in total. The van der Waals surface area contributed by atoms with E-state index >= 15 is 0 Å². The van der Waals surface area contributed by atoms with E-state index < -0.39 is 60.2 Å². The quantitative estimate of drug-likeness (QED) is 0.189. The van der Waals surface area contributed by atoms with E-state index in [1.165, 1.54) is 31.2 Å². The molecule has 0 fully saturated rings. The van der Waals surface area contributed by atoms with Gasteiger partial charge in [-0.05, 0) is 30.5 Å². The second-order valence-corrected chi connectivity index (χ2v) is 8.00. The second kappa shape index (κ2) is 12.4. The molecular weight excluding hydrogens is 434 g/mol. The number of primary amides is 1. The van der Waals surface area contributed by atoms with Gasteiger partial charge in [-0.2, -0.15) is 0 Å². The lowest BCUT2D eigenvalue weighted by molar-refractivity contribution is -0.143. The van der Waals surface area contributed by atoms with E-state index in [1.807, 2.05) is 0 Å². The molecule has 4 atom stereocenters. The van der Waals surface area contributed by atoms with Crippen LogP contribution in [0.3, 0.4) is 0 Å². The van der Waals surface area contributed by atoms with Crippen molar-refractivity contribution in [2.45, 2.75) is 57.8 Å². The van der Waals surface area contributed by atoms with Crippen molar-refractivity contribution in [1.29, 1.82) is 0 Å². The zero-order chi connectivity index (χ0) is 25.3. The standard InChI is InChI=1S/C21H31N5O7/c1-10(2)17(23)20(31)24-11(3)18(29)25-14(8-12-4-6-13(27)7-5-12)19(30)26-15(21(32)33)9-16(22)28/h4-7,10-11,14-15,17,27H,8-9,23H2,1-3H3,(H2,22,28)(H,24,31)(H,25,29)(H,26,30)(H,32,33). The van der Waals surface area contributed by atoms with Crippen molar-refractivity contribution in [3.63, 3.8) is 0 Å². The Balaban J connectivity index is 3.01. The molecule has 0 spiro atoms. The van der Waals surface area contributed by atoms with Crippen LogP contribution >= 0.6 is 0 Å². The van der Waals surface area contributed by atoms with E-state index in [4.69, 9.17) is 11.5 Å². The number of benzene rings is 1. The van der Waals surface area contributed by atoms with Crippen molar-refractivity contribution in [2.24, 2.45) is 17.4 Å². The molecule has 0 saturated carbocycles. The first-order valence-electron chi connectivity index (χ1n) is 10.3. The summed E-state index contributed by atoms with van der Waals surface area (Å²) in [6.07, 6.45) is -0.701. The molecule has 12 heteroatoms. The summed E-state index contributed by atoms with van der Waals surface area (Å²) in [6, 6.07) is 1.09. The number of carboxylic acids is 1. The first kappa shape index (κ1) is 27.4. The van der Waals surface area contributed by atoms with Gasteiger partial charge < -0.3 is 37.6 Å². The summed E-state index contributed by atoms with van der Waals surface area (Å²) in [5.41, 5.74) is 11.4. The number of nitrogens with two attached hydrogens (primary N) is 2. The van der Waals surface area contributed by atoms with Crippen LogP contribution in [0.15, 0.2) is 24.3 Å². The number of hydrogen-bond donors (Lipinski definition) is 7. The van der Waals surface area contributed by atoms with Crippen molar-refractivity contribution < 1.29 is 34.2 Å². The van der Waals surface area contributed by atoms with Crippen LogP contribution in [0.2, 0.25) is 0 Å². The van der Waals surface area contributed by atoms with Gasteiger partial charge >= 0.3 is 5.97 Å². The first-order valence-corrected chi connectivity index (χ1v) is 10.3. The van der Waals surface area contributed by atoms with Crippen LogP contribution in [0.25, 0.3) is 0 Å². The van der Waals surface area contributed by atoms with Crippen LogP contribution in [0, 0.1) is 5.92 Å². The summed E-state index contributed by atoms with van der Waals surface area (Å²) in [5, 5.41) is 25.8. The SMILES string of the molecule is CC(NC(=O)C(N)C(C)C)C(=O)NC(Cc1ccc(O)cc1)C(=O)NC(CC(N)=O)C(=O)O. The number of aliphatic carboxylic acids is 1. The minimum atomic E-state index is -1.59. The summed E-state index contributed by atoms with van der Waals surface area (Å²) in [7, 11) is 0. The molecule has 1 rings (SSSR count). The van der Waals surface area contributed by atoms with Gasteiger partial charge in [-0.3, -0.25) is 19.2 Å². The molecule has 0 bridgehead atoms. The average Bonchev–Trinajstić information content (AvgIpc) is 2.72. The van der Waals surface area contributed by atoms with Gasteiger partial charge in [0.05, 0.1) is 12.5 Å². The number of phenolic OH excluding ortho intramolecular Hbond substituents is 1. The third-order valence-electron chi connectivity index (χ3n) is 4.80. The van der Waals surface area contributed by atoms with Gasteiger partial charge in [-0.1, -0.05) is 26.0 Å². The number of rotatable bonds is 12. The Labute approximate surface area is 191 Å². The number of carbonyl (C=O) groups is 5. The third-order valence-corrected chi connectivity index (χ3v) is 4.80. The van der Waals surface area contributed by atoms with E-state index in [-0.39, 0.29) is 18.1 Å². The molecule has 1 aromatic carbocycles. The van der Waals surface area contributed by atoms with Gasteiger partial charge in [0.25, 0.3) is 0 Å². The fraction of sp³-hybridized carbons (Fsp3) is 0.476. The fourth-order valence-electron chi connectivity index (χ4n) is 2.73. The Morgan fingerprint density at radius 2 is 1.42 bits per heavy atom. The smallest absolute Gasteiger partial charge is 0.326 e. The minimum Gasteiger partial charge on any atom is -0.508 e. The normalized spacial score (nSPS) is 14.5. The molecule has 0 radical (unpaired) electrons. The zero-order valence-electron chi connectivity index (χ0n) is 18.7. The van der Waals surface area contributed by atoms with Crippen molar-refractivity contribution in [3.8, 4) is 5.75 Å². The monoisotopic (exact) mass is 465 g/mol. The zero-order valence-corrected chi connectivity index (χ0v) is 18.7. The van der Waals surface area contributed by atoms with Gasteiger partial charge in [0.15, 0.2) is 0 Å². The van der Waals surface area contributed by atoms with Crippen molar-refractivity contribution >= 4 is 29.6 Å². The van der Waals surface area contributed by atoms with Crippen LogP contribution in [0.1, 0.15) is 32.8 Å². The molecule has 12 nitrogen and oxygen atoms in total. The molecule has 182 valence electrons. The number of phenols is 1. The Morgan fingerprint density at radius 3 is 1.91 bits per heavy atom. The summed E-state index contributed by atoms with van der Waals surface area (Å²) >= 11 is 0. The number of hydrogen-bond acceptors (Lipinski definition) is 7. The number of nitrogens with one attached hydrogen (secondary N) is 3. The van der Waals surface area contributed by atoms with Gasteiger partial charge in [0, 0.05) is 6.42 Å². The van der Waals surface area contributed by atoms with Gasteiger partial charge in [-0.25, -0.2) is 4.79 Å². The highest BCUT2D eigenvalue weighted by Gasteiger charge is 2.30. The summed E-state index contributed by atoms with van der Waals surface area (Å²) in [6.45, 7) is 4.90. The fourth-order valence-corrected chi connectivity index (χ4v) is 2.73. The molecule has 0 saturated heterocycles. The number of carboxylic acid groups (broad SMARTS) is 1. The van der Waals surface area contributed by atoms with Crippen LogP contribution in [0.5, 0.6) is 5.75 Å². The molecule has 0 heterocycles. The third kappa shape index (κ3) is 9.15. The highest BCUT2D eigenvalue weighted by atomic mass is 16.4. The lowest BCUT2D eigenvalue weighted by atomic mass is 10.0. The summed E-state index contributed by atoms with van der Waals surface area (Å²) < 4.78 is 0. The van der Waals surface area contributed by atoms with Gasteiger partial charge in [-0.15, -0.1) is 0 Å². The van der Waals surface area contributed by atoms with Crippen LogP contribution in [-0.4, -0.2) is 64.0 Å². The minimum absolute atomic E-state index is 0.00554. The molecule has 0 aliphatic rings. The maximum absolute atomic E-state index is 12.8. The average molecular weight is 466 g/mol. The van der Waals surface area contributed by atoms with E-state index in [9.17, 15) is 34.2 Å². The maximum atomic E-state index is 12.8. The van der Waals surface area contributed by atoms with Crippen LogP contribution < -0.4 is 27.4 Å². The molecule has 4 unspecified atom stereocenters. The van der Waals surface area contributed by atoms with Gasteiger partial charge in [0.2, 0.25) is 23.6 Å². The largest absolute Gasteiger partial charge is 0.508 e. The van der Waals surface area contributed by atoms with E-state index in [0.717, 1.165) is 0 Å². The Hall–Kier alpha value is -3.67. The lowest BCUT2D eigenvalue weighted by Crippen LogP contribution is -2.57. The van der Waals surface area contributed by atoms with Crippen molar-refractivity contribution in [1.82, 2.24) is 16.0 Å². The summed E-state index contributed by atoms with van der Waals surface area (Å²) in [4.78, 5) is 60.1. The Bertz CT molecular complexity index is 872. The Kier molecular flexibility index (Phi) is 10.3. The molecule has 4 amide bonds. The molecular formula is C21H31N5O7. The Morgan fingerprint density at radius 1 is 0.879 bits per heavy atom. The predicted octanol–water partition coefficient (Wildman–Crippen LogP) is -1.65. The maximum Gasteiger partial charge on any atom is 0.326 e. The predicted molar refractivity (Wildman–Crippen MR) is 118 cm³/mol. The van der Waals surface area contributed by atoms with Crippen molar-refractivity contribution in [2.75, 3.05) is 0 Å². The van der Waals surface area contributed by atoms with E-state index in [1.54, 1.807) is 13.8 Å². The molecule has 0 aromatic heterocycles. The van der Waals surface area contributed by atoms with E-state index in [2.05, 4.69) is 16.0 Å². The molecule has 1 aromatic rings. The number of amides is 4. The first-order chi connectivity index (χ1) is 15.3. The van der Waals surface area contributed by atoms with Gasteiger partial charge in [0.1, 0.15) is 23.9 Å². The van der Waals surface area contributed by atoms with Crippen molar-refractivity contribution in [3.05, 3.63) is 29.8 Å². The molecule has 0 aliphatic carbocycles.